The average Bonchev–Trinajstić information content (AvgIpc) is 2.67. The Balaban J connectivity index is 1.83. The van der Waals surface area contributed by atoms with Crippen LogP contribution >= 0.6 is 11.6 Å². The topological polar surface area (TPSA) is 73.9 Å². The summed E-state index contributed by atoms with van der Waals surface area (Å²) in [4.78, 5) is 23.8. The predicted molar refractivity (Wildman–Crippen MR) is 109 cm³/mol. The number of amides is 1. The van der Waals surface area contributed by atoms with Crippen molar-refractivity contribution >= 4 is 35.2 Å². The Labute approximate surface area is 169 Å². The molecule has 0 saturated heterocycles. The smallest absolute Gasteiger partial charge is 0.344 e. The molecule has 28 heavy (non-hydrogen) atoms. The summed E-state index contributed by atoms with van der Waals surface area (Å²) in [6.45, 7) is 3.01. The van der Waals surface area contributed by atoms with Gasteiger partial charge in [-0.05, 0) is 49.2 Å². The fraction of sp³-hybridized carbons (Fsp3) is 0.238. The molecular formula is C21H22ClNO5. The van der Waals surface area contributed by atoms with Gasteiger partial charge < -0.3 is 19.5 Å². The molecule has 0 atom stereocenters. The van der Waals surface area contributed by atoms with Crippen LogP contribution in [0.25, 0.3) is 6.08 Å². The maximum atomic E-state index is 11.9. The number of anilines is 1. The molecule has 0 bridgehead atoms. The van der Waals surface area contributed by atoms with Crippen molar-refractivity contribution in [1.29, 1.82) is 0 Å². The monoisotopic (exact) mass is 403 g/mol. The number of nitrogens with one attached hydrogen (secondary N) is 1. The number of hydrogen-bond donors (Lipinski definition) is 1. The SMILES string of the molecule is C/C=C/c1ccc(OCC(=O)OCC(=O)Nc2ccc(C)cc2Cl)c(OC)c1. The summed E-state index contributed by atoms with van der Waals surface area (Å²) in [5.74, 6) is -0.268. The molecule has 1 amide bonds. The van der Waals surface area contributed by atoms with E-state index in [1.54, 1.807) is 24.3 Å². The summed E-state index contributed by atoms with van der Waals surface area (Å²) in [7, 11) is 1.51. The van der Waals surface area contributed by atoms with Gasteiger partial charge in [-0.1, -0.05) is 35.9 Å². The lowest BCUT2D eigenvalue weighted by molar-refractivity contribution is -0.149. The zero-order chi connectivity index (χ0) is 20.5. The fourth-order valence-electron chi connectivity index (χ4n) is 2.33. The van der Waals surface area contributed by atoms with Crippen molar-refractivity contribution in [2.45, 2.75) is 13.8 Å². The van der Waals surface area contributed by atoms with Crippen LogP contribution in [0.15, 0.2) is 42.5 Å². The number of benzene rings is 2. The van der Waals surface area contributed by atoms with Crippen LogP contribution in [0.1, 0.15) is 18.1 Å². The number of carbonyl (C=O) groups is 2. The Hall–Kier alpha value is -2.99. The van der Waals surface area contributed by atoms with Crippen molar-refractivity contribution < 1.29 is 23.8 Å². The molecule has 0 aliphatic heterocycles. The fourth-order valence-corrected chi connectivity index (χ4v) is 2.61. The Bertz CT molecular complexity index is 879. The Morgan fingerprint density at radius 3 is 2.57 bits per heavy atom. The molecule has 0 aliphatic rings. The number of allylic oxidation sites excluding steroid dienone is 1. The van der Waals surface area contributed by atoms with Crippen molar-refractivity contribution in [2.24, 2.45) is 0 Å². The van der Waals surface area contributed by atoms with Crippen LogP contribution in [0.2, 0.25) is 5.02 Å². The van der Waals surface area contributed by atoms with E-state index in [1.165, 1.54) is 7.11 Å². The number of carbonyl (C=O) groups excluding carboxylic acids is 2. The molecule has 0 unspecified atom stereocenters. The van der Waals surface area contributed by atoms with E-state index >= 15 is 0 Å². The van der Waals surface area contributed by atoms with Gasteiger partial charge in [-0.2, -0.15) is 0 Å². The van der Waals surface area contributed by atoms with Crippen LogP contribution in [0.5, 0.6) is 11.5 Å². The second kappa shape index (κ2) is 10.4. The zero-order valence-corrected chi connectivity index (χ0v) is 16.7. The molecule has 0 aromatic heterocycles. The lowest BCUT2D eigenvalue weighted by atomic mass is 10.2. The van der Waals surface area contributed by atoms with Gasteiger partial charge in [0.1, 0.15) is 0 Å². The van der Waals surface area contributed by atoms with E-state index in [1.807, 2.05) is 38.1 Å². The Morgan fingerprint density at radius 2 is 1.89 bits per heavy atom. The van der Waals surface area contributed by atoms with Crippen molar-refractivity contribution in [3.63, 3.8) is 0 Å². The van der Waals surface area contributed by atoms with Crippen LogP contribution in [0, 0.1) is 6.92 Å². The number of ether oxygens (including phenoxy) is 3. The third kappa shape index (κ3) is 6.32. The van der Waals surface area contributed by atoms with E-state index in [2.05, 4.69) is 5.32 Å². The summed E-state index contributed by atoms with van der Waals surface area (Å²) in [6.07, 6.45) is 3.82. The second-order valence-corrected chi connectivity index (χ2v) is 6.30. The molecule has 2 aromatic rings. The van der Waals surface area contributed by atoms with Crippen LogP contribution < -0.4 is 14.8 Å². The molecule has 0 radical (unpaired) electrons. The first kappa shape index (κ1) is 21.3. The largest absolute Gasteiger partial charge is 0.493 e. The van der Waals surface area contributed by atoms with Crippen molar-refractivity contribution in [1.82, 2.24) is 0 Å². The van der Waals surface area contributed by atoms with Gasteiger partial charge in [0, 0.05) is 0 Å². The van der Waals surface area contributed by atoms with Gasteiger partial charge in [-0.3, -0.25) is 4.79 Å². The number of aryl methyl sites for hydroxylation is 1. The highest BCUT2D eigenvalue weighted by molar-refractivity contribution is 6.33. The highest BCUT2D eigenvalue weighted by Crippen LogP contribution is 2.28. The Morgan fingerprint density at radius 1 is 1.11 bits per heavy atom. The normalized spacial score (nSPS) is 10.6. The van der Waals surface area contributed by atoms with Gasteiger partial charge in [0.15, 0.2) is 24.7 Å². The lowest BCUT2D eigenvalue weighted by Crippen LogP contribution is -2.23. The molecule has 0 heterocycles. The number of rotatable bonds is 8. The standard InChI is InChI=1S/C21H22ClNO5/c1-4-5-15-7-9-18(19(11-15)26-3)27-13-21(25)28-12-20(24)23-17-8-6-14(2)10-16(17)22/h4-11H,12-13H2,1-3H3,(H,23,24)/b5-4+. The van der Waals surface area contributed by atoms with Gasteiger partial charge in [0.2, 0.25) is 0 Å². The number of methoxy groups -OCH3 is 1. The van der Waals surface area contributed by atoms with Gasteiger partial charge in [0.05, 0.1) is 17.8 Å². The molecule has 148 valence electrons. The second-order valence-electron chi connectivity index (χ2n) is 5.89. The van der Waals surface area contributed by atoms with Gasteiger partial charge in [-0.15, -0.1) is 0 Å². The molecule has 1 N–H and O–H groups in total. The van der Waals surface area contributed by atoms with Gasteiger partial charge in [-0.25, -0.2) is 4.79 Å². The summed E-state index contributed by atoms with van der Waals surface area (Å²) in [6, 6.07) is 10.6. The van der Waals surface area contributed by atoms with E-state index in [-0.39, 0.29) is 6.61 Å². The lowest BCUT2D eigenvalue weighted by Gasteiger charge is -2.11. The van der Waals surface area contributed by atoms with Crippen LogP contribution in [0.4, 0.5) is 5.69 Å². The van der Waals surface area contributed by atoms with Gasteiger partial charge in [0.25, 0.3) is 5.91 Å². The third-order valence-electron chi connectivity index (χ3n) is 3.66. The van der Waals surface area contributed by atoms with Crippen LogP contribution in [-0.2, 0) is 14.3 Å². The van der Waals surface area contributed by atoms with E-state index < -0.39 is 18.5 Å². The highest BCUT2D eigenvalue weighted by atomic mass is 35.5. The molecule has 7 heteroatoms. The molecular weight excluding hydrogens is 382 g/mol. The van der Waals surface area contributed by atoms with Crippen molar-refractivity contribution in [2.75, 3.05) is 25.6 Å². The number of esters is 1. The van der Waals surface area contributed by atoms with Gasteiger partial charge >= 0.3 is 5.97 Å². The number of hydrogen-bond acceptors (Lipinski definition) is 5. The molecule has 0 fully saturated rings. The molecule has 2 aromatic carbocycles. The summed E-state index contributed by atoms with van der Waals surface area (Å²) < 4.78 is 15.6. The quantitative estimate of drug-likeness (QED) is 0.667. The Kier molecular flexibility index (Phi) is 7.89. The maximum Gasteiger partial charge on any atom is 0.344 e. The van der Waals surface area contributed by atoms with E-state index in [4.69, 9.17) is 25.8 Å². The van der Waals surface area contributed by atoms with Crippen molar-refractivity contribution in [3.8, 4) is 11.5 Å². The molecule has 0 spiro atoms. The molecule has 0 saturated carbocycles. The number of halogens is 1. The molecule has 2 rings (SSSR count). The first-order valence-electron chi connectivity index (χ1n) is 8.58. The highest BCUT2D eigenvalue weighted by Gasteiger charge is 2.12. The van der Waals surface area contributed by atoms with Crippen molar-refractivity contribution in [3.05, 3.63) is 58.6 Å². The van der Waals surface area contributed by atoms with E-state index in [9.17, 15) is 9.59 Å². The minimum atomic E-state index is -0.676. The predicted octanol–water partition coefficient (Wildman–Crippen LogP) is 4.25. The van der Waals surface area contributed by atoms with Crippen LogP contribution in [0.3, 0.4) is 0 Å². The minimum absolute atomic E-state index is 0.349. The first-order valence-corrected chi connectivity index (χ1v) is 8.96. The summed E-state index contributed by atoms with van der Waals surface area (Å²) in [5.41, 5.74) is 2.37. The maximum absolute atomic E-state index is 11.9. The van der Waals surface area contributed by atoms with E-state index in [0.717, 1.165) is 11.1 Å². The first-order chi connectivity index (χ1) is 13.4. The molecule has 6 nitrogen and oxygen atoms in total. The zero-order valence-electron chi connectivity index (χ0n) is 16.0. The third-order valence-corrected chi connectivity index (χ3v) is 3.97. The van der Waals surface area contributed by atoms with E-state index in [0.29, 0.717) is 22.2 Å². The average molecular weight is 404 g/mol. The summed E-state index contributed by atoms with van der Waals surface area (Å²) >= 11 is 6.05. The van der Waals surface area contributed by atoms with Crippen LogP contribution in [-0.4, -0.2) is 32.2 Å². The summed E-state index contributed by atoms with van der Waals surface area (Å²) in [5, 5.41) is 3.00. The molecule has 0 aliphatic carbocycles. The minimum Gasteiger partial charge on any atom is -0.493 e.